The summed E-state index contributed by atoms with van der Waals surface area (Å²) in [6.07, 6.45) is 5.34. The first-order valence-corrected chi connectivity index (χ1v) is 5.00. The molecule has 0 fully saturated rings. The van der Waals surface area contributed by atoms with Crippen molar-refractivity contribution in [2.45, 2.75) is 12.5 Å². The van der Waals surface area contributed by atoms with Crippen molar-refractivity contribution < 1.29 is 4.39 Å². The summed E-state index contributed by atoms with van der Waals surface area (Å²) in [5, 5.41) is 0. The predicted molar refractivity (Wildman–Crippen MR) is 58.0 cm³/mol. The largest absolute Gasteiger partial charge is 0.338 e. The fraction of sp³-hybridized carbons (Fsp3) is 0.273. The van der Waals surface area contributed by atoms with Gasteiger partial charge in [0.2, 0.25) is 0 Å². The summed E-state index contributed by atoms with van der Waals surface area (Å²) in [6.45, 7) is 0. The molecule has 2 N–H and O–H groups in total. The molecule has 84 valence electrons. The predicted octanol–water partition coefficient (Wildman–Crippen LogP) is 1.20. The van der Waals surface area contributed by atoms with E-state index in [2.05, 4.69) is 9.97 Å². The molecular formula is C11H13FN4. The van der Waals surface area contributed by atoms with E-state index >= 15 is 0 Å². The standard InChI is InChI=1S/C11H13FN4/c1-16-5-4-14-11(16)6-9(13)10-3-2-8(12)7-15-10/h2-5,7,9H,6,13H2,1H3. The van der Waals surface area contributed by atoms with Crippen molar-refractivity contribution in [2.24, 2.45) is 12.8 Å². The average Bonchev–Trinajstić information content (AvgIpc) is 2.65. The quantitative estimate of drug-likeness (QED) is 0.845. The number of pyridine rings is 1. The normalized spacial score (nSPS) is 12.7. The molecule has 5 heteroatoms. The summed E-state index contributed by atoms with van der Waals surface area (Å²) in [6, 6.07) is 2.70. The van der Waals surface area contributed by atoms with Crippen LogP contribution >= 0.6 is 0 Å². The topological polar surface area (TPSA) is 56.7 Å². The van der Waals surface area contributed by atoms with Crippen molar-refractivity contribution >= 4 is 0 Å². The average molecular weight is 220 g/mol. The van der Waals surface area contributed by atoms with Gasteiger partial charge < -0.3 is 10.3 Å². The van der Waals surface area contributed by atoms with E-state index in [1.165, 1.54) is 12.3 Å². The van der Waals surface area contributed by atoms with Crippen LogP contribution < -0.4 is 5.73 Å². The van der Waals surface area contributed by atoms with E-state index in [9.17, 15) is 4.39 Å². The van der Waals surface area contributed by atoms with Crippen molar-refractivity contribution in [3.05, 3.63) is 48.1 Å². The highest BCUT2D eigenvalue weighted by Gasteiger charge is 2.11. The van der Waals surface area contributed by atoms with Crippen molar-refractivity contribution in [2.75, 3.05) is 0 Å². The zero-order chi connectivity index (χ0) is 11.5. The smallest absolute Gasteiger partial charge is 0.141 e. The van der Waals surface area contributed by atoms with Crippen molar-refractivity contribution in [3.63, 3.8) is 0 Å². The van der Waals surface area contributed by atoms with Gasteiger partial charge in [-0.15, -0.1) is 0 Å². The third-order valence-corrected chi connectivity index (χ3v) is 2.45. The Morgan fingerprint density at radius 1 is 1.44 bits per heavy atom. The molecule has 16 heavy (non-hydrogen) atoms. The first kappa shape index (κ1) is 10.8. The summed E-state index contributed by atoms with van der Waals surface area (Å²) < 4.78 is 14.6. The van der Waals surface area contributed by atoms with Crippen LogP contribution in [0.1, 0.15) is 17.6 Å². The number of hydrogen-bond donors (Lipinski definition) is 1. The zero-order valence-electron chi connectivity index (χ0n) is 8.97. The van der Waals surface area contributed by atoms with Crippen LogP contribution in [-0.4, -0.2) is 14.5 Å². The minimum atomic E-state index is -0.354. The van der Waals surface area contributed by atoms with Gasteiger partial charge >= 0.3 is 0 Å². The maximum atomic E-state index is 12.7. The lowest BCUT2D eigenvalue weighted by atomic mass is 10.1. The van der Waals surface area contributed by atoms with Gasteiger partial charge in [-0.2, -0.15) is 0 Å². The van der Waals surface area contributed by atoms with Crippen LogP contribution in [0.3, 0.4) is 0 Å². The van der Waals surface area contributed by atoms with Gasteiger partial charge in [-0.25, -0.2) is 9.37 Å². The van der Waals surface area contributed by atoms with Crippen LogP contribution in [0.4, 0.5) is 4.39 Å². The number of nitrogens with two attached hydrogens (primary N) is 1. The summed E-state index contributed by atoms with van der Waals surface area (Å²) in [4.78, 5) is 8.13. The van der Waals surface area contributed by atoms with Crippen LogP contribution in [-0.2, 0) is 13.5 Å². The minimum absolute atomic E-state index is 0.262. The van der Waals surface area contributed by atoms with E-state index in [1.807, 2.05) is 17.8 Å². The molecule has 0 amide bonds. The van der Waals surface area contributed by atoms with E-state index in [1.54, 1.807) is 12.3 Å². The van der Waals surface area contributed by atoms with Gasteiger partial charge in [0.05, 0.1) is 17.9 Å². The molecule has 1 unspecified atom stereocenters. The highest BCUT2D eigenvalue weighted by molar-refractivity contribution is 5.11. The number of imidazole rings is 1. The molecule has 0 saturated heterocycles. The van der Waals surface area contributed by atoms with E-state index in [0.717, 1.165) is 5.82 Å². The first-order chi connectivity index (χ1) is 7.66. The Morgan fingerprint density at radius 3 is 2.81 bits per heavy atom. The Bertz CT molecular complexity index is 463. The van der Waals surface area contributed by atoms with Gasteiger partial charge in [0.1, 0.15) is 11.6 Å². The highest BCUT2D eigenvalue weighted by atomic mass is 19.1. The first-order valence-electron chi connectivity index (χ1n) is 5.00. The Labute approximate surface area is 92.9 Å². The van der Waals surface area contributed by atoms with Gasteiger partial charge in [-0.05, 0) is 12.1 Å². The number of aromatic nitrogens is 3. The van der Waals surface area contributed by atoms with Gasteiger partial charge in [0, 0.05) is 25.9 Å². The Morgan fingerprint density at radius 2 is 2.25 bits per heavy atom. The van der Waals surface area contributed by atoms with E-state index in [-0.39, 0.29) is 11.9 Å². The molecule has 2 aromatic heterocycles. The molecule has 2 rings (SSSR count). The lowest BCUT2D eigenvalue weighted by Gasteiger charge is -2.10. The zero-order valence-corrected chi connectivity index (χ0v) is 8.97. The molecule has 0 aliphatic rings. The number of hydrogen-bond acceptors (Lipinski definition) is 3. The van der Waals surface area contributed by atoms with Crippen molar-refractivity contribution in [1.82, 2.24) is 14.5 Å². The number of rotatable bonds is 3. The molecule has 1 atom stereocenters. The lowest BCUT2D eigenvalue weighted by Crippen LogP contribution is -2.17. The third kappa shape index (κ3) is 2.25. The monoisotopic (exact) mass is 220 g/mol. The second kappa shape index (κ2) is 4.40. The second-order valence-corrected chi connectivity index (χ2v) is 3.67. The van der Waals surface area contributed by atoms with E-state index < -0.39 is 0 Å². The fourth-order valence-electron chi connectivity index (χ4n) is 1.50. The summed E-state index contributed by atoms with van der Waals surface area (Å²) in [5.74, 6) is 0.534. The van der Waals surface area contributed by atoms with Gasteiger partial charge in [-0.3, -0.25) is 4.98 Å². The molecule has 2 heterocycles. The summed E-state index contributed by atoms with van der Waals surface area (Å²) in [5.41, 5.74) is 6.64. The maximum Gasteiger partial charge on any atom is 0.141 e. The molecule has 0 radical (unpaired) electrons. The molecule has 4 nitrogen and oxygen atoms in total. The molecule has 0 aliphatic carbocycles. The van der Waals surface area contributed by atoms with Crippen molar-refractivity contribution in [1.29, 1.82) is 0 Å². The van der Waals surface area contributed by atoms with E-state index in [4.69, 9.17) is 5.73 Å². The summed E-state index contributed by atoms with van der Waals surface area (Å²) in [7, 11) is 1.91. The number of nitrogens with zero attached hydrogens (tertiary/aromatic N) is 3. The summed E-state index contributed by atoms with van der Waals surface area (Å²) >= 11 is 0. The Hall–Kier alpha value is -1.75. The fourth-order valence-corrected chi connectivity index (χ4v) is 1.50. The second-order valence-electron chi connectivity index (χ2n) is 3.67. The minimum Gasteiger partial charge on any atom is -0.338 e. The van der Waals surface area contributed by atoms with E-state index in [0.29, 0.717) is 12.1 Å². The number of halogens is 1. The Kier molecular flexibility index (Phi) is 2.96. The molecular weight excluding hydrogens is 207 g/mol. The highest BCUT2D eigenvalue weighted by Crippen LogP contribution is 2.12. The van der Waals surface area contributed by atoms with Crippen LogP contribution in [0.15, 0.2) is 30.7 Å². The van der Waals surface area contributed by atoms with Crippen LogP contribution in [0, 0.1) is 5.82 Å². The third-order valence-electron chi connectivity index (χ3n) is 2.45. The van der Waals surface area contributed by atoms with Gasteiger partial charge in [-0.1, -0.05) is 0 Å². The molecule has 0 aromatic carbocycles. The van der Waals surface area contributed by atoms with Crippen LogP contribution in [0.2, 0.25) is 0 Å². The molecule has 0 spiro atoms. The van der Waals surface area contributed by atoms with Crippen LogP contribution in [0.25, 0.3) is 0 Å². The Balaban J connectivity index is 2.11. The maximum absolute atomic E-state index is 12.7. The van der Waals surface area contributed by atoms with Gasteiger partial charge in [0.15, 0.2) is 0 Å². The molecule has 0 saturated carbocycles. The molecule has 0 bridgehead atoms. The molecule has 2 aromatic rings. The SMILES string of the molecule is Cn1ccnc1CC(N)c1ccc(F)cn1. The van der Waals surface area contributed by atoms with Crippen molar-refractivity contribution in [3.8, 4) is 0 Å². The lowest BCUT2D eigenvalue weighted by molar-refractivity contribution is 0.605. The van der Waals surface area contributed by atoms with Gasteiger partial charge in [0.25, 0.3) is 0 Å². The molecule has 0 aliphatic heterocycles. The number of aryl methyl sites for hydroxylation is 1. The van der Waals surface area contributed by atoms with Crippen LogP contribution in [0.5, 0.6) is 0 Å².